The van der Waals surface area contributed by atoms with E-state index in [2.05, 4.69) is 17.6 Å². The summed E-state index contributed by atoms with van der Waals surface area (Å²) in [5.74, 6) is -1.66. The Hall–Kier alpha value is 0.230. The second-order valence-corrected chi connectivity index (χ2v) is 9.63. The fraction of sp³-hybridized carbons (Fsp3) is 0.375. The van der Waals surface area contributed by atoms with Crippen molar-refractivity contribution in [2.45, 2.75) is 25.7 Å². The molecule has 1 aliphatic heterocycles. The van der Waals surface area contributed by atoms with E-state index in [1.54, 1.807) is 13.8 Å². The molecule has 0 spiro atoms. The molecule has 0 aliphatic carbocycles. The summed E-state index contributed by atoms with van der Waals surface area (Å²) in [5.41, 5.74) is 0.739. The lowest BCUT2D eigenvalue weighted by Crippen LogP contribution is -2.35. The Morgan fingerprint density at radius 2 is 1.78 bits per heavy atom. The molecule has 1 fully saturated rings. The van der Waals surface area contributed by atoms with Crippen LogP contribution in [0.4, 0.5) is 5.69 Å². The number of rotatable bonds is 5. The minimum Gasteiger partial charge on any atom is -0.349 e. The molecule has 0 aromatic heterocycles. The number of hydrogen-bond acceptors (Lipinski definition) is 5. The van der Waals surface area contributed by atoms with Gasteiger partial charge < -0.3 is 20.1 Å². The maximum atomic E-state index is 12.8. The summed E-state index contributed by atoms with van der Waals surface area (Å²) < 4.78 is 12.5. The van der Waals surface area contributed by atoms with Gasteiger partial charge >= 0.3 is 0 Å². The molecule has 2 N–H and O–H groups in total. The largest absolute Gasteiger partial charge is 0.349 e. The summed E-state index contributed by atoms with van der Waals surface area (Å²) in [7, 11) is 0. The van der Waals surface area contributed by atoms with E-state index in [1.165, 1.54) is 0 Å². The van der Waals surface area contributed by atoms with Crippen molar-refractivity contribution >= 4 is 102 Å². The lowest BCUT2D eigenvalue weighted by atomic mass is 10.1. The van der Waals surface area contributed by atoms with Crippen LogP contribution >= 0.6 is 79.4 Å². The zero-order valence-electron chi connectivity index (χ0n) is 14.3. The van der Waals surface area contributed by atoms with E-state index in [9.17, 15) is 14.4 Å². The van der Waals surface area contributed by atoms with Crippen molar-refractivity contribution in [1.82, 2.24) is 5.32 Å². The molecule has 0 bridgehead atoms. The van der Waals surface area contributed by atoms with E-state index >= 15 is 0 Å². The average Bonchev–Trinajstić information content (AvgIpc) is 2.88. The topological polar surface area (TPSA) is 93.7 Å². The van der Waals surface area contributed by atoms with E-state index in [1.807, 2.05) is 67.8 Å². The van der Waals surface area contributed by atoms with Gasteiger partial charge in [-0.1, -0.05) is 0 Å². The summed E-state index contributed by atoms with van der Waals surface area (Å²) in [6.45, 7) is 7.48. The molecule has 1 saturated heterocycles. The van der Waals surface area contributed by atoms with Gasteiger partial charge in [0.25, 0.3) is 11.1 Å². The Morgan fingerprint density at radius 3 is 2.26 bits per heavy atom. The standard InChI is InChI=1S/C16H15ClI3N2O5/c1-6(23)22-13-11(19)8(14(17)24)10(18)9(12(13)20)15(25)21-4-7-5-26-16(2,3)27-7/h7H,1,4-5H2,2-3H3,(H,21,25)(H,22,23). The Kier molecular flexibility index (Phi) is 8.15. The molecule has 2 amide bonds. The molecule has 0 saturated carbocycles. The Balaban J connectivity index is 2.36. The first-order chi connectivity index (χ1) is 12.4. The van der Waals surface area contributed by atoms with Gasteiger partial charge in [-0.2, -0.15) is 0 Å². The van der Waals surface area contributed by atoms with Gasteiger partial charge in [0.2, 0.25) is 5.91 Å². The maximum Gasteiger partial charge on any atom is 0.254 e. The summed E-state index contributed by atoms with van der Waals surface area (Å²) in [6.07, 6.45) is -0.281. The first-order valence-corrected chi connectivity index (χ1v) is 11.2. The number of anilines is 1. The monoisotopic (exact) mass is 731 g/mol. The predicted molar refractivity (Wildman–Crippen MR) is 126 cm³/mol. The third-order valence-electron chi connectivity index (χ3n) is 3.56. The van der Waals surface area contributed by atoms with E-state index < -0.39 is 22.8 Å². The first-order valence-electron chi connectivity index (χ1n) is 7.57. The molecule has 1 heterocycles. The van der Waals surface area contributed by atoms with Crippen LogP contribution in [0, 0.1) is 17.6 Å². The summed E-state index contributed by atoms with van der Waals surface area (Å²) >= 11 is 11.5. The van der Waals surface area contributed by atoms with Crippen LogP contribution in [0.1, 0.15) is 34.6 Å². The fourth-order valence-electron chi connectivity index (χ4n) is 2.44. The third-order valence-corrected chi connectivity index (χ3v) is 6.99. The normalized spacial score (nSPS) is 18.3. The van der Waals surface area contributed by atoms with Crippen LogP contribution in [-0.2, 0) is 14.3 Å². The van der Waals surface area contributed by atoms with Crippen LogP contribution in [0.5, 0.6) is 0 Å². The molecular formula is C16H15ClI3N2O5. The Labute approximate surface area is 202 Å². The van der Waals surface area contributed by atoms with Gasteiger partial charge in [0.15, 0.2) is 5.79 Å². The molecule has 2 rings (SSSR count). The van der Waals surface area contributed by atoms with Gasteiger partial charge in [0.05, 0.1) is 30.6 Å². The van der Waals surface area contributed by atoms with Gasteiger partial charge in [0.1, 0.15) is 6.10 Å². The number of ether oxygens (including phenoxy) is 2. The molecule has 7 nitrogen and oxygen atoms in total. The smallest absolute Gasteiger partial charge is 0.254 e. The highest BCUT2D eigenvalue weighted by molar-refractivity contribution is 14.1. The molecule has 27 heavy (non-hydrogen) atoms. The molecule has 147 valence electrons. The van der Waals surface area contributed by atoms with Gasteiger partial charge in [0, 0.05) is 17.0 Å². The van der Waals surface area contributed by atoms with E-state index in [0.717, 1.165) is 0 Å². The fourth-order valence-corrected chi connectivity index (χ4v) is 7.37. The molecular weight excluding hydrogens is 716 g/mol. The van der Waals surface area contributed by atoms with Crippen molar-refractivity contribution < 1.29 is 23.9 Å². The molecule has 11 heteroatoms. The van der Waals surface area contributed by atoms with Crippen LogP contribution in [0.3, 0.4) is 0 Å². The Bertz CT molecular complexity index is 816. The molecule has 1 aromatic rings. The minimum atomic E-state index is -0.719. The summed E-state index contributed by atoms with van der Waals surface area (Å²) in [4.78, 5) is 36.2. The van der Waals surface area contributed by atoms with Crippen molar-refractivity contribution in [2.24, 2.45) is 0 Å². The van der Waals surface area contributed by atoms with E-state index in [4.69, 9.17) is 21.1 Å². The number of carbonyl (C=O) groups excluding carboxylic acids is 3. The van der Waals surface area contributed by atoms with Gasteiger partial charge in [-0.05, 0) is 93.2 Å². The van der Waals surface area contributed by atoms with Crippen LogP contribution in [-0.4, -0.2) is 42.1 Å². The summed E-state index contributed by atoms with van der Waals surface area (Å²) in [6, 6.07) is 0. The van der Waals surface area contributed by atoms with Gasteiger partial charge in [-0.15, -0.1) is 0 Å². The number of hydrogen-bond donors (Lipinski definition) is 2. The highest BCUT2D eigenvalue weighted by Crippen LogP contribution is 2.36. The molecule has 1 aromatic carbocycles. The number of nitrogens with one attached hydrogen (secondary N) is 2. The SMILES string of the molecule is [CH2]C(=O)Nc1c(I)c(C(=O)Cl)c(I)c(C(=O)NCC2COC(C)(C)O2)c1I. The number of carbonyl (C=O) groups is 3. The van der Waals surface area contributed by atoms with E-state index in [0.29, 0.717) is 23.0 Å². The zero-order chi connectivity index (χ0) is 20.5. The van der Waals surface area contributed by atoms with Crippen LogP contribution in [0.25, 0.3) is 0 Å². The number of amides is 2. The molecule has 1 unspecified atom stereocenters. The lowest BCUT2D eigenvalue weighted by molar-refractivity contribution is -0.137. The average molecular weight is 731 g/mol. The lowest BCUT2D eigenvalue weighted by Gasteiger charge is -2.19. The van der Waals surface area contributed by atoms with Crippen LogP contribution in [0.15, 0.2) is 0 Å². The maximum absolute atomic E-state index is 12.8. The van der Waals surface area contributed by atoms with Crippen molar-refractivity contribution in [3.05, 3.63) is 28.8 Å². The van der Waals surface area contributed by atoms with Crippen LogP contribution in [0.2, 0.25) is 0 Å². The number of benzene rings is 1. The van der Waals surface area contributed by atoms with Crippen molar-refractivity contribution in [2.75, 3.05) is 18.5 Å². The van der Waals surface area contributed by atoms with Gasteiger partial charge in [-0.3, -0.25) is 14.4 Å². The highest BCUT2D eigenvalue weighted by atomic mass is 127. The van der Waals surface area contributed by atoms with Crippen molar-refractivity contribution in [3.63, 3.8) is 0 Å². The van der Waals surface area contributed by atoms with E-state index in [-0.39, 0.29) is 23.8 Å². The second-order valence-electron chi connectivity index (χ2n) is 6.05. The van der Waals surface area contributed by atoms with Crippen molar-refractivity contribution in [1.29, 1.82) is 0 Å². The number of halogens is 4. The molecule has 1 atom stereocenters. The van der Waals surface area contributed by atoms with Gasteiger partial charge in [-0.25, -0.2) is 0 Å². The minimum absolute atomic E-state index is 0.161. The molecule has 1 radical (unpaired) electrons. The first kappa shape index (κ1) is 23.5. The summed E-state index contributed by atoms with van der Waals surface area (Å²) in [5, 5.41) is 4.63. The predicted octanol–water partition coefficient (Wildman–Crippen LogP) is 3.53. The van der Waals surface area contributed by atoms with Crippen molar-refractivity contribution in [3.8, 4) is 0 Å². The second kappa shape index (κ2) is 9.36. The Morgan fingerprint density at radius 1 is 1.19 bits per heavy atom. The highest BCUT2D eigenvalue weighted by Gasteiger charge is 2.33. The third kappa shape index (κ3) is 5.65. The quantitative estimate of drug-likeness (QED) is 0.358. The zero-order valence-corrected chi connectivity index (χ0v) is 21.5. The molecule has 1 aliphatic rings. The van der Waals surface area contributed by atoms with Crippen LogP contribution < -0.4 is 10.6 Å².